The molecule has 4 nitrogen and oxygen atoms in total. The maximum absolute atomic E-state index is 12.7. The Morgan fingerprint density at radius 1 is 0.917 bits per heavy atom. The maximum atomic E-state index is 12.7. The van der Waals surface area contributed by atoms with Crippen LogP contribution in [0.4, 0.5) is 0 Å². The van der Waals surface area contributed by atoms with Gasteiger partial charge in [-0.15, -0.1) is 0 Å². The van der Waals surface area contributed by atoms with Gasteiger partial charge in [0.25, 0.3) is 0 Å². The van der Waals surface area contributed by atoms with Crippen molar-refractivity contribution in [3.05, 3.63) is 77.2 Å². The van der Waals surface area contributed by atoms with E-state index in [1.54, 1.807) is 0 Å². The van der Waals surface area contributed by atoms with Crippen molar-refractivity contribution in [3.8, 4) is 5.75 Å². The van der Waals surface area contributed by atoms with E-state index >= 15 is 0 Å². The molecule has 4 rings (SSSR count). The molecule has 2 heterocycles. The molecule has 4 aromatic rings. The Bertz CT molecular complexity index is 1060. The Morgan fingerprint density at radius 2 is 1.67 bits per heavy atom. The van der Waals surface area contributed by atoms with Crippen molar-refractivity contribution in [2.75, 3.05) is 6.61 Å². The molecule has 0 bridgehead atoms. The number of aryl methyl sites for hydroxylation is 1. The van der Waals surface area contributed by atoms with Gasteiger partial charge in [0.05, 0.1) is 17.6 Å². The molecular weight excluding hydrogens is 300 g/mol. The maximum Gasteiger partial charge on any atom is 0.197 e. The van der Waals surface area contributed by atoms with E-state index in [9.17, 15) is 4.79 Å². The summed E-state index contributed by atoms with van der Waals surface area (Å²) in [6.07, 6.45) is 4.03. The minimum absolute atomic E-state index is 0.0672. The molecule has 0 aliphatic carbocycles. The van der Waals surface area contributed by atoms with Crippen LogP contribution in [0.3, 0.4) is 0 Å². The van der Waals surface area contributed by atoms with Crippen molar-refractivity contribution in [1.82, 2.24) is 9.13 Å². The summed E-state index contributed by atoms with van der Waals surface area (Å²) >= 11 is 0. The molecule has 120 valence electrons. The fourth-order valence-electron chi connectivity index (χ4n) is 3.09. The Morgan fingerprint density at radius 3 is 2.50 bits per heavy atom. The lowest BCUT2D eigenvalue weighted by molar-refractivity contribution is 0.299. The molecule has 0 saturated carbocycles. The third kappa shape index (κ3) is 2.46. The second-order valence-corrected chi connectivity index (χ2v) is 5.85. The van der Waals surface area contributed by atoms with Crippen LogP contribution in [-0.2, 0) is 13.6 Å². The molecule has 0 atom stereocenters. The van der Waals surface area contributed by atoms with Gasteiger partial charge in [0.1, 0.15) is 12.4 Å². The van der Waals surface area contributed by atoms with E-state index in [1.807, 2.05) is 78.6 Å². The summed E-state index contributed by atoms with van der Waals surface area (Å²) in [4.78, 5) is 12.7. The number of hydrogen-bond donors (Lipinski definition) is 0. The highest BCUT2D eigenvalue weighted by molar-refractivity contribution is 5.93. The number of pyridine rings is 1. The molecule has 2 aromatic carbocycles. The zero-order valence-electron chi connectivity index (χ0n) is 13.5. The van der Waals surface area contributed by atoms with Crippen LogP contribution in [0.2, 0.25) is 0 Å². The van der Waals surface area contributed by atoms with Crippen LogP contribution >= 0.6 is 0 Å². The Kier molecular flexibility index (Phi) is 3.58. The van der Waals surface area contributed by atoms with E-state index in [0.29, 0.717) is 12.0 Å². The summed E-state index contributed by atoms with van der Waals surface area (Å²) in [5.74, 6) is 0.778. The van der Waals surface area contributed by atoms with Crippen LogP contribution in [-0.4, -0.2) is 15.7 Å². The van der Waals surface area contributed by atoms with Crippen LogP contribution < -0.4 is 10.2 Å². The van der Waals surface area contributed by atoms with Gasteiger partial charge in [-0.3, -0.25) is 4.79 Å². The van der Waals surface area contributed by atoms with Gasteiger partial charge in [0, 0.05) is 36.3 Å². The average Bonchev–Trinajstić information content (AvgIpc) is 3.13. The minimum Gasteiger partial charge on any atom is -0.492 e. The summed E-state index contributed by atoms with van der Waals surface area (Å²) in [7, 11) is 1.98. The van der Waals surface area contributed by atoms with E-state index in [4.69, 9.17) is 4.74 Å². The quantitative estimate of drug-likeness (QED) is 0.539. The van der Waals surface area contributed by atoms with Gasteiger partial charge in [-0.2, -0.15) is 0 Å². The fourth-order valence-corrected chi connectivity index (χ4v) is 3.09. The highest BCUT2D eigenvalue weighted by Gasteiger charge is 2.09. The summed E-state index contributed by atoms with van der Waals surface area (Å²) in [5.41, 5.74) is 1.88. The normalized spacial score (nSPS) is 11.2. The topological polar surface area (TPSA) is 36.2 Å². The Balaban J connectivity index is 1.71. The van der Waals surface area contributed by atoms with Crippen LogP contribution in [0.25, 0.3) is 21.8 Å². The second-order valence-electron chi connectivity index (χ2n) is 5.85. The standard InChI is InChI=1S/C20H18N2O2/c1-21-18-7-3-2-6-16(18)20(23)17-9-8-15(14-19(17)21)24-13-12-22-10-4-5-11-22/h2-11,14H,12-13H2,1H3. The van der Waals surface area contributed by atoms with Crippen molar-refractivity contribution in [2.24, 2.45) is 7.05 Å². The molecule has 0 radical (unpaired) electrons. The van der Waals surface area contributed by atoms with Crippen LogP contribution in [0.5, 0.6) is 5.75 Å². The molecule has 0 saturated heterocycles. The number of aromatic nitrogens is 2. The monoisotopic (exact) mass is 318 g/mol. The predicted octanol–water partition coefficient (Wildman–Crippen LogP) is 3.57. The summed E-state index contributed by atoms with van der Waals surface area (Å²) in [5, 5.41) is 1.46. The molecule has 4 heteroatoms. The van der Waals surface area contributed by atoms with Crippen LogP contribution in [0.15, 0.2) is 71.8 Å². The van der Waals surface area contributed by atoms with Crippen LogP contribution in [0, 0.1) is 0 Å². The molecule has 0 unspecified atom stereocenters. The second kappa shape index (κ2) is 5.89. The third-order valence-corrected chi connectivity index (χ3v) is 4.37. The highest BCUT2D eigenvalue weighted by Crippen LogP contribution is 2.22. The van der Waals surface area contributed by atoms with Crippen molar-refractivity contribution in [3.63, 3.8) is 0 Å². The van der Waals surface area contributed by atoms with Crippen molar-refractivity contribution < 1.29 is 4.74 Å². The lowest BCUT2D eigenvalue weighted by atomic mass is 10.1. The first-order valence-corrected chi connectivity index (χ1v) is 7.99. The van der Waals surface area contributed by atoms with Gasteiger partial charge >= 0.3 is 0 Å². The molecule has 0 aliphatic heterocycles. The Labute approximate surface area is 139 Å². The number of nitrogens with zero attached hydrogens (tertiary/aromatic N) is 2. The van der Waals surface area contributed by atoms with Gasteiger partial charge in [0.2, 0.25) is 0 Å². The number of para-hydroxylation sites is 1. The predicted molar refractivity (Wildman–Crippen MR) is 96.6 cm³/mol. The third-order valence-electron chi connectivity index (χ3n) is 4.37. The lowest BCUT2D eigenvalue weighted by Crippen LogP contribution is -2.10. The zero-order chi connectivity index (χ0) is 16.5. The molecule has 0 N–H and O–H groups in total. The highest BCUT2D eigenvalue weighted by atomic mass is 16.5. The first-order valence-electron chi connectivity index (χ1n) is 7.99. The van der Waals surface area contributed by atoms with E-state index < -0.39 is 0 Å². The van der Waals surface area contributed by atoms with E-state index in [0.717, 1.165) is 28.7 Å². The van der Waals surface area contributed by atoms with Gasteiger partial charge in [-0.25, -0.2) is 0 Å². The van der Waals surface area contributed by atoms with E-state index in [1.165, 1.54) is 0 Å². The smallest absolute Gasteiger partial charge is 0.197 e. The summed E-state index contributed by atoms with van der Waals surface area (Å²) < 4.78 is 9.98. The number of rotatable bonds is 4. The minimum atomic E-state index is 0.0672. The first kappa shape index (κ1) is 14.6. The largest absolute Gasteiger partial charge is 0.492 e. The Hall–Kier alpha value is -3.01. The molecule has 0 aliphatic rings. The van der Waals surface area contributed by atoms with Crippen molar-refractivity contribution >= 4 is 21.8 Å². The summed E-state index contributed by atoms with van der Waals surface area (Å²) in [6, 6.07) is 17.4. The number of hydrogen-bond acceptors (Lipinski definition) is 2. The molecule has 24 heavy (non-hydrogen) atoms. The summed E-state index contributed by atoms with van der Waals surface area (Å²) in [6.45, 7) is 1.38. The molecule has 0 amide bonds. The molecular formula is C20H18N2O2. The molecule has 0 spiro atoms. The van der Waals surface area contributed by atoms with Gasteiger partial charge < -0.3 is 13.9 Å². The van der Waals surface area contributed by atoms with E-state index in [2.05, 4.69) is 4.57 Å². The SMILES string of the molecule is Cn1c2ccccc2c(=O)c2ccc(OCCn3cccc3)cc21. The van der Waals surface area contributed by atoms with Gasteiger partial charge in [-0.1, -0.05) is 12.1 Å². The number of fused-ring (bicyclic) bond motifs is 2. The zero-order valence-corrected chi connectivity index (χ0v) is 13.5. The number of ether oxygens (including phenoxy) is 1. The molecule has 0 fully saturated rings. The van der Waals surface area contributed by atoms with Gasteiger partial charge in [-0.05, 0) is 36.4 Å². The lowest BCUT2D eigenvalue weighted by Gasteiger charge is -2.12. The van der Waals surface area contributed by atoms with Gasteiger partial charge in [0.15, 0.2) is 5.43 Å². The average molecular weight is 318 g/mol. The van der Waals surface area contributed by atoms with E-state index in [-0.39, 0.29) is 5.43 Å². The van der Waals surface area contributed by atoms with Crippen molar-refractivity contribution in [1.29, 1.82) is 0 Å². The first-order chi connectivity index (χ1) is 11.7. The number of benzene rings is 2. The van der Waals surface area contributed by atoms with Crippen LogP contribution in [0.1, 0.15) is 0 Å². The fraction of sp³-hybridized carbons (Fsp3) is 0.150. The van der Waals surface area contributed by atoms with Crippen molar-refractivity contribution in [2.45, 2.75) is 6.54 Å². The molecule has 2 aromatic heterocycles.